The predicted molar refractivity (Wildman–Crippen MR) is 68.2 cm³/mol. The van der Waals surface area contributed by atoms with Crippen LogP contribution in [0, 0.1) is 0 Å². The molecule has 19 heavy (non-hydrogen) atoms. The molecule has 7 nitrogen and oxygen atoms in total. The highest BCUT2D eigenvalue weighted by Gasteiger charge is 2.18. The standard InChI is InChI=1S/C12H17N3O4/c1-2-19-11(17)9-15-10(16)3-4-13-12(15)14-5-7-18-8-6-14/h3-4H,2,5-9H2,1H3. The Morgan fingerprint density at radius 1 is 1.47 bits per heavy atom. The van der Waals surface area contributed by atoms with Gasteiger partial charge in [0.2, 0.25) is 5.95 Å². The Bertz CT molecular complexity index is 494. The van der Waals surface area contributed by atoms with Crippen molar-refractivity contribution in [2.75, 3.05) is 37.8 Å². The second-order valence-electron chi connectivity index (χ2n) is 4.07. The van der Waals surface area contributed by atoms with Crippen molar-refractivity contribution in [3.63, 3.8) is 0 Å². The first-order valence-corrected chi connectivity index (χ1v) is 6.26. The van der Waals surface area contributed by atoms with Crippen molar-refractivity contribution in [3.05, 3.63) is 22.6 Å². The molecule has 0 radical (unpaired) electrons. The molecule has 1 saturated heterocycles. The number of ether oxygens (including phenoxy) is 2. The summed E-state index contributed by atoms with van der Waals surface area (Å²) in [5.74, 6) is 0.0518. The molecular formula is C12H17N3O4. The number of rotatable bonds is 4. The Hall–Kier alpha value is -1.89. The fourth-order valence-electron chi connectivity index (χ4n) is 1.93. The molecule has 1 fully saturated rings. The van der Waals surface area contributed by atoms with Crippen LogP contribution in [0.3, 0.4) is 0 Å². The number of carbonyl (C=O) groups is 1. The van der Waals surface area contributed by atoms with Crippen molar-refractivity contribution in [1.29, 1.82) is 0 Å². The number of anilines is 1. The van der Waals surface area contributed by atoms with E-state index in [1.165, 1.54) is 16.8 Å². The smallest absolute Gasteiger partial charge is 0.326 e. The van der Waals surface area contributed by atoms with E-state index < -0.39 is 5.97 Å². The van der Waals surface area contributed by atoms with Gasteiger partial charge in [0, 0.05) is 25.4 Å². The second kappa shape index (κ2) is 6.33. The van der Waals surface area contributed by atoms with Crippen molar-refractivity contribution in [2.45, 2.75) is 13.5 Å². The van der Waals surface area contributed by atoms with Crippen LogP contribution in [0.25, 0.3) is 0 Å². The summed E-state index contributed by atoms with van der Waals surface area (Å²) in [7, 11) is 0. The minimum Gasteiger partial charge on any atom is -0.465 e. The summed E-state index contributed by atoms with van der Waals surface area (Å²) in [5, 5.41) is 0. The summed E-state index contributed by atoms with van der Waals surface area (Å²) >= 11 is 0. The first kappa shape index (κ1) is 13.5. The predicted octanol–water partition coefficient (Wildman–Crippen LogP) is -0.357. The summed E-state index contributed by atoms with van der Waals surface area (Å²) in [6, 6.07) is 1.34. The van der Waals surface area contributed by atoms with E-state index in [-0.39, 0.29) is 12.1 Å². The maximum Gasteiger partial charge on any atom is 0.326 e. The fraction of sp³-hybridized carbons (Fsp3) is 0.583. The zero-order valence-corrected chi connectivity index (χ0v) is 10.9. The maximum atomic E-state index is 11.9. The third kappa shape index (κ3) is 3.31. The number of carbonyl (C=O) groups excluding carboxylic acids is 1. The molecule has 1 aliphatic heterocycles. The normalized spacial score (nSPS) is 15.3. The minimum absolute atomic E-state index is 0.118. The fourth-order valence-corrected chi connectivity index (χ4v) is 1.93. The van der Waals surface area contributed by atoms with E-state index in [0.717, 1.165) is 0 Å². The van der Waals surface area contributed by atoms with E-state index in [4.69, 9.17) is 9.47 Å². The molecule has 2 heterocycles. The monoisotopic (exact) mass is 267 g/mol. The molecule has 104 valence electrons. The van der Waals surface area contributed by atoms with Gasteiger partial charge in [-0.05, 0) is 6.92 Å². The van der Waals surface area contributed by atoms with Gasteiger partial charge in [0.25, 0.3) is 5.56 Å². The molecular weight excluding hydrogens is 250 g/mol. The molecule has 7 heteroatoms. The lowest BCUT2D eigenvalue weighted by Gasteiger charge is -2.29. The van der Waals surface area contributed by atoms with Gasteiger partial charge in [-0.1, -0.05) is 0 Å². The van der Waals surface area contributed by atoms with Crippen LogP contribution in [0.1, 0.15) is 6.92 Å². The molecule has 2 rings (SSSR count). The third-order valence-electron chi connectivity index (χ3n) is 2.80. The molecule has 0 amide bonds. The Labute approximate surface area is 110 Å². The van der Waals surface area contributed by atoms with Gasteiger partial charge >= 0.3 is 5.97 Å². The lowest BCUT2D eigenvalue weighted by Crippen LogP contribution is -2.41. The number of aromatic nitrogens is 2. The largest absolute Gasteiger partial charge is 0.465 e. The van der Waals surface area contributed by atoms with Crippen LogP contribution in [0.5, 0.6) is 0 Å². The van der Waals surface area contributed by atoms with E-state index in [1.54, 1.807) is 6.92 Å². The third-order valence-corrected chi connectivity index (χ3v) is 2.80. The average molecular weight is 267 g/mol. The van der Waals surface area contributed by atoms with Gasteiger partial charge in [-0.2, -0.15) is 0 Å². The molecule has 1 aromatic heterocycles. The van der Waals surface area contributed by atoms with E-state index in [1.807, 2.05) is 4.90 Å². The SMILES string of the molecule is CCOC(=O)Cn1c(N2CCOCC2)nccc1=O. The molecule has 0 spiro atoms. The maximum absolute atomic E-state index is 11.9. The molecule has 1 aliphatic rings. The van der Waals surface area contributed by atoms with Crippen LogP contribution < -0.4 is 10.5 Å². The second-order valence-corrected chi connectivity index (χ2v) is 4.07. The lowest BCUT2D eigenvalue weighted by atomic mass is 10.4. The zero-order chi connectivity index (χ0) is 13.7. The number of morpholine rings is 1. The summed E-state index contributed by atoms with van der Waals surface area (Å²) in [6.07, 6.45) is 1.45. The van der Waals surface area contributed by atoms with Gasteiger partial charge in [0.15, 0.2) is 0 Å². The first-order valence-electron chi connectivity index (χ1n) is 6.26. The molecule has 0 saturated carbocycles. The number of hydrogen-bond donors (Lipinski definition) is 0. The Morgan fingerprint density at radius 2 is 2.21 bits per heavy atom. The Kier molecular flexibility index (Phi) is 4.51. The van der Waals surface area contributed by atoms with Gasteiger partial charge in [-0.15, -0.1) is 0 Å². The first-order chi connectivity index (χ1) is 9.22. The molecule has 0 bridgehead atoms. The molecule has 0 N–H and O–H groups in total. The van der Waals surface area contributed by atoms with Crippen LogP contribution in [-0.2, 0) is 20.8 Å². The van der Waals surface area contributed by atoms with Crippen LogP contribution in [-0.4, -0.2) is 48.4 Å². The number of esters is 1. The van der Waals surface area contributed by atoms with Gasteiger partial charge < -0.3 is 14.4 Å². The van der Waals surface area contributed by atoms with Gasteiger partial charge in [-0.25, -0.2) is 4.98 Å². The topological polar surface area (TPSA) is 73.7 Å². The molecule has 0 unspecified atom stereocenters. The number of nitrogens with zero attached hydrogens (tertiary/aromatic N) is 3. The van der Waals surface area contributed by atoms with E-state index >= 15 is 0 Å². The quantitative estimate of drug-likeness (QED) is 0.694. The highest BCUT2D eigenvalue weighted by Crippen LogP contribution is 2.10. The Morgan fingerprint density at radius 3 is 2.89 bits per heavy atom. The lowest BCUT2D eigenvalue weighted by molar-refractivity contribution is -0.143. The van der Waals surface area contributed by atoms with E-state index in [2.05, 4.69) is 4.98 Å². The van der Waals surface area contributed by atoms with E-state index in [9.17, 15) is 9.59 Å². The molecule has 0 atom stereocenters. The average Bonchev–Trinajstić information content (AvgIpc) is 2.42. The molecule has 0 aromatic carbocycles. The van der Waals surface area contributed by atoms with Crippen molar-refractivity contribution >= 4 is 11.9 Å². The van der Waals surface area contributed by atoms with Crippen molar-refractivity contribution < 1.29 is 14.3 Å². The highest BCUT2D eigenvalue weighted by atomic mass is 16.5. The summed E-state index contributed by atoms with van der Waals surface area (Å²) in [5.41, 5.74) is -0.260. The Balaban J connectivity index is 2.24. The van der Waals surface area contributed by atoms with Crippen molar-refractivity contribution in [1.82, 2.24) is 9.55 Å². The van der Waals surface area contributed by atoms with Crippen LogP contribution in [0.2, 0.25) is 0 Å². The summed E-state index contributed by atoms with van der Waals surface area (Å²) in [4.78, 5) is 29.6. The van der Waals surface area contributed by atoms with Crippen molar-refractivity contribution in [3.8, 4) is 0 Å². The van der Waals surface area contributed by atoms with Crippen LogP contribution in [0.15, 0.2) is 17.1 Å². The highest BCUT2D eigenvalue weighted by molar-refractivity contribution is 5.69. The van der Waals surface area contributed by atoms with Crippen LogP contribution in [0.4, 0.5) is 5.95 Å². The molecule has 0 aliphatic carbocycles. The molecule has 1 aromatic rings. The zero-order valence-electron chi connectivity index (χ0n) is 10.9. The van der Waals surface area contributed by atoms with Crippen molar-refractivity contribution in [2.24, 2.45) is 0 Å². The van der Waals surface area contributed by atoms with Gasteiger partial charge in [0.1, 0.15) is 6.54 Å². The summed E-state index contributed by atoms with van der Waals surface area (Å²) in [6.45, 7) is 4.38. The van der Waals surface area contributed by atoms with Crippen LogP contribution >= 0.6 is 0 Å². The van der Waals surface area contributed by atoms with Gasteiger partial charge in [0.05, 0.1) is 19.8 Å². The summed E-state index contributed by atoms with van der Waals surface area (Å²) < 4.78 is 11.5. The minimum atomic E-state index is -0.438. The number of hydrogen-bond acceptors (Lipinski definition) is 6. The van der Waals surface area contributed by atoms with Gasteiger partial charge in [-0.3, -0.25) is 14.2 Å². The van der Waals surface area contributed by atoms with E-state index in [0.29, 0.717) is 38.9 Å².